The third-order valence-electron chi connectivity index (χ3n) is 9.47. The van der Waals surface area contributed by atoms with Crippen LogP contribution in [0.2, 0.25) is 12.1 Å². The van der Waals surface area contributed by atoms with E-state index in [0.29, 0.717) is 0 Å². The van der Waals surface area contributed by atoms with Gasteiger partial charge in [0.1, 0.15) is 5.01 Å². The van der Waals surface area contributed by atoms with E-state index in [1.807, 2.05) is 22.7 Å². The standard InChI is InChI=1S/C35H44N2S2Si/c1-7-9-11-13-19-40(20-14-12-10-8-2)33-30(38-24(4)36-33)31-34(40)37-32(39-31)25-16-18-27-26-17-15-23(3)21-28(26)35(5,6)29(27)22-25/h15-18,21-22H,7-14,19-20H2,1-6H3. The van der Waals surface area contributed by atoms with Crippen molar-refractivity contribution in [1.29, 1.82) is 0 Å². The highest BCUT2D eigenvalue weighted by Gasteiger charge is 2.50. The van der Waals surface area contributed by atoms with Gasteiger partial charge in [0.15, 0.2) is 8.07 Å². The molecule has 2 aromatic carbocycles. The molecule has 0 saturated carbocycles. The lowest BCUT2D eigenvalue weighted by atomic mass is 9.81. The summed E-state index contributed by atoms with van der Waals surface area (Å²) >= 11 is 3.87. The number of nitrogens with zero attached hydrogens (tertiary/aromatic N) is 2. The number of hydrogen-bond acceptors (Lipinski definition) is 4. The fraction of sp³-hybridized carbons (Fsp3) is 0.486. The maximum absolute atomic E-state index is 5.61. The number of fused-ring (bicyclic) bond motifs is 6. The Bertz CT molecular complexity index is 1530. The Morgan fingerprint density at radius 3 is 1.98 bits per heavy atom. The fourth-order valence-corrected chi connectivity index (χ4v) is 15.9. The molecule has 210 valence electrons. The van der Waals surface area contributed by atoms with Crippen LogP contribution in [0, 0.1) is 13.8 Å². The SMILES string of the molecule is CCCCCC[Si]1(CCCCCC)c2nc(C)sc2-c2sc(-c3ccc4c(c3)C(C)(C)c3cc(C)ccc3-4)nc21. The molecule has 2 aliphatic rings. The first-order valence-corrected chi connectivity index (χ1v) is 19.6. The van der Waals surface area contributed by atoms with Gasteiger partial charge < -0.3 is 0 Å². The van der Waals surface area contributed by atoms with Crippen molar-refractivity contribution in [2.24, 2.45) is 0 Å². The summed E-state index contributed by atoms with van der Waals surface area (Å²) in [6.45, 7) is 13.8. The molecule has 6 rings (SSSR count). The van der Waals surface area contributed by atoms with Gasteiger partial charge in [-0.15, -0.1) is 22.7 Å². The Hall–Kier alpha value is -2.08. The lowest BCUT2D eigenvalue weighted by Gasteiger charge is -2.26. The summed E-state index contributed by atoms with van der Waals surface area (Å²) in [6, 6.07) is 16.8. The molecule has 1 aliphatic carbocycles. The molecular formula is C35H44N2S2Si. The summed E-state index contributed by atoms with van der Waals surface area (Å²) in [7, 11) is -1.97. The second-order valence-electron chi connectivity index (χ2n) is 12.7. The molecule has 2 nitrogen and oxygen atoms in total. The molecule has 3 heterocycles. The molecule has 0 spiro atoms. The number of thiazole rings is 2. The molecule has 0 N–H and O–H groups in total. The van der Waals surface area contributed by atoms with E-state index in [1.54, 1.807) is 0 Å². The van der Waals surface area contributed by atoms with Crippen LogP contribution in [0.5, 0.6) is 0 Å². The number of aryl methyl sites for hydroxylation is 2. The van der Waals surface area contributed by atoms with Crippen LogP contribution in [0.1, 0.15) is 101 Å². The quantitative estimate of drug-likeness (QED) is 0.129. The Morgan fingerprint density at radius 1 is 0.700 bits per heavy atom. The maximum Gasteiger partial charge on any atom is 0.168 e. The van der Waals surface area contributed by atoms with Crippen molar-refractivity contribution in [3.05, 3.63) is 58.1 Å². The molecule has 2 aromatic heterocycles. The first-order valence-electron chi connectivity index (χ1n) is 15.6. The van der Waals surface area contributed by atoms with E-state index in [4.69, 9.17) is 9.97 Å². The van der Waals surface area contributed by atoms with Gasteiger partial charge in [0, 0.05) is 11.0 Å². The first kappa shape index (κ1) is 28.1. The minimum Gasteiger partial charge on any atom is -0.250 e. The molecule has 0 radical (unpaired) electrons. The fourth-order valence-electron chi connectivity index (χ4n) is 7.23. The number of hydrogen-bond donors (Lipinski definition) is 0. The van der Waals surface area contributed by atoms with Crippen LogP contribution in [0.4, 0.5) is 0 Å². The van der Waals surface area contributed by atoms with E-state index in [9.17, 15) is 0 Å². The van der Waals surface area contributed by atoms with Crippen LogP contribution in [-0.4, -0.2) is 18.0 Å². The molecule has 0 unspecified atom stereocenters. The summed E-state index contributed by atoms with van der Waals surface area (Å²) in [6.07, 6.45) is 10.6. The lowest BCUT2D eigenvalue weighted by Crippen LogP contribution is -2.56. The summed E-state index contributed by atoms with van der Waals surface area (Å²) in [5.41, 5.74) is 8.32. The molecule has 0 fully saturated rings. The summed E-state index contributed by atoms with van der Waals surface area (Å²) in [5.74, 6) is 0. The van der Waals surface area contributed by atoms with Crippen LogP contribution in [0.3, 0.4) is 0 Å². The highest BCUT2D eigenvalue weighted by molar-refractivity contribution is 7.29. The Balaban J connectivity index is 1.42. The molecule has 0 amide bonds. The van der Waals surface area contributed by atoms with E-state index in [1.165, 1.54) is 127 Å². The van der Waals surface area contributed by atoms with Crippen molar-refractivity contribution in [2.45, 2.75) is 110 Å². The van der Waals surface area contributed by atoms with Crippen LogP contribution in [0.25, 0.3) is 31.5 Å². The Morgan fingerprint density at radius 2 is 1.30 bits per heavy atom. The van der Waals surface area contributed by atoms with Crippen molar-refractivity contribution in [2.75, 3.05) is 0 Å². The molecule has 0 bridgehead atoms. The van der Waals surface area contributed by atoms with Gasteiger partial charge in [0.2, 0.25) is 0 Å². The third kappa shape index (κ3) is 4.57. The first-order chi connectivity index (χ1) is 19.3. The average Bonchev–Trinajstić information content (AvgIpc) is 3.65. The van der Waals surface area contributed by atoms with Crippen molar-refractivity contribution in [3.8, 4) is 31.5 Å². The largest absolute Gasteiger partial charge is 0.250 e. The normalized spacial score (nSPS) is 15.7. The summed E-state index contributed by atoms with van der Waals surface area (Å²) < 4.78 is 0. The Labute approximate surface area is 250 Å². The van der Waals surface area contributed by atoms with Gasteiger partial charge in [-0.3, -0.25) is 4.98 Å². The predicted octanol–water partition coefficient (Wildman–Crippen LogP) is 9.89. The number of benzene rings is 2. The second kappa shape index (κ2) is 11.0. The molecule has 1 aliphatic heterocycles. The van der Waals surface area contributed by atoms with Gasteiger partial charge in [0.05, 0.1) is 25.4 Å². The highest BCUT2D eigenvalue weighted by Crippen LogP contribution is 2.50. The highest BCUT2D eigenvalue weighted by atomic mass is 32.1. The molecular weight excluding hydrogens is 541 g/mol. The van der Waals surface area contributed by atoms with Crippen molar-refractivity contribution >= 4 is 41.4 Å². The minimum atomic E-state index is -1.97. The van der Waals surface area contributed by atoms with Gasteiger partial charge in [0.25, 0.3) is 0 Å². The van der Waals surface area contributed by atoms with Gasteiger partial charge in [-0.2, -0.15) is 0 Å². The van der Waals surface area contributed by atoms with Crippen LogP contribution in [-0.2, 0) is 5.41 Å². The second-order valence-corrected chi connectivity index (χ2v) is 19.1. The smallest absolute Gasteiger partial charge is 0.168 e. The van der Waals surface area contributed by atoms with Crippen LogP contribution < -0.4 is 10.6 Å². The molecule has 0 atom stereocenters. The topological polar surface area (TPSA) is 25.8 Å². The van der Waals surface area contributed by atoms with Gasteiger partial charge in [-0.05, 0) is 54.3 Å². The Kier molecular flexibility index (Phi) is 7.69. The van der Waals surface area contributed by atoms with E-state index in [0.717, 1.165) is 0 Å². The zero-order valence-electron chi connectivity index (χ0n) is 25.2. The number of rotatable bonds is 11. The van der Waals surface area contributed by atoms with Gasteiger partial charge in [-0.1, -0.05) is 115 Å². The molecule has 0 saturated heterocycles. The third-order valence-corrected chi connectivity index (χ3v) is 17.0. The van der Waals surface area contributed by atoms with E-state index in [-0.39, 0.29) is 5.41 Å². The van der Waals surface area contributed by atoms with E-state index < -0.39 is 8.07 Å². The predicted molar refractivity (Wildman–Crippen MR) is 179 cm³/mol. The van der Waals surface area contributed by atoms with E-state index >= 15 is 0 Å². The van der Waals surface area contributed by atoms with Crippen LogP contribution >= 0.6 is 22.7 Å². The molecule has 4 aromatic rings. The number of unbranched alkanes of at least 4 members (excludes halogenated alkanes) is 6. The number of aromatic nitrogens is 2. The van der Waals surface area contributed by atoms with Crippen molar-refractivity contribution < 1.29 is 0 Å². The van der Waals surface area contributed by atoms with Crippen molar-refractivity contribution in [3.63, 3.8) is 0 Å². The monoisotopic (exact) mass is 584 g/mol. The average molecular weight is 585 g/mol. The van der Waals surface area contributed by atoms with Crippen molar-refractivity contribution in [1.82, 2.24) is 9.97 Å². The minimum absolute atomic E-state index is 0.00566. The maximum atomic E-state index is 5.61. The summed E-state index contributed by atoms with van der Waals surface area (Å²) in [5, 5.41) is 5.42. The summed E-state index contributed by atoms with van der Waals surface area (Å²) in [4.78, 5) is 13.8. The van der Waals surface area contributed by atoms with Gasteiger partial charge in [-0.25, -0.2) is 4.98 Å². The van der Waals surface area contributed by atoms with Crippen LogP contribution in [0.15, 0.2) is 36.4 Å². The molecule has 40 heavy (non-hydrogen) atoms. The van der Waals surface area contributed by atoms with E-state index in [2.05, 4.69) is 77.9 Å². The zero-order valence-corrected chi connectivity index (χ0v) is 27.9. The van der Waals surface area contributed by atoms with Gasteiger partial charge >= 0.3 is 0 Å². The lowest BCUT2D eigenvalue weighted by molar-refractivity contribution is 0.660. The molecule has 5 heteroatoms. The zero-order chi connectivity index (χ0) is 28.1.